The fourth-order valence-electron chi connectivity index (χ4n) is 1.54. The highest BCUT2D eigenvalue weighted by Gasteiger charge is 2.18. The van der Waals surface area contributed by atoms with Crippen molar-refractivity contribution in [2.45, 2.75) is 6.42 Å². The van der Waals surface area contributed by atoms with Crippen molar-refractivity contribution >= 4 is 5.91 Å². The van der Waals surface area contributed by atoms with Crippen LogP contribution in [-0.2, 0) is 14.4 Å². The second-order valence-electron chi connectivity index (χ2n) is 3.28. The van der Waals surface area contributed by atoms with Gasteiger partial charge in [-0.05, 0) is 6.42 Å². The molecule has 5 nitrogen and oxygen atoms in total. The van der Waals surface area contributed by atoms with E-state index in [-0.39, 0.29) is 12.5 Å². The Morgan fingerprint density at radius 1 is 1.21 bits per heavy atom. The van der Waals surface area contributed by atoms with Gasteiger partial charge in [0.05, 0.1) is 7.11 Å². The molecule has 0 aromatic rings. The molecule has 0 bridgehead atoms. The maximum Gasteiger partial charge on any atom is 0.248 e. The minimum absolute atomic E-state index is 0.0606. The summed E-state index contributed by atoms with van der Waals surface area (Å²) in [5.41, 5.74) is 0. The minimum Gasteiger partial charge on any atom is -0.375 e. The predicted octanol–water partition coefficient (Wildman–Crippen LogP) is -0.271. The number of rotatable bonds is 3. The third-order valence-corrected chi connectivity index (χ3v) is 2.33. The molecule has 0 saturated carbocycles. The van der Waals surface area contributed by atoms with Crippen molar-refractivity contribution in [3.8, 4) is 0 Å². The average Bonchev–Trinajstić information content (AvgIpc) is 2.42. The monoisotopic (exact) mass is 202 g/mol. The average molecular weight is 202 g/mol. The number of carbonyl (C=O) groups excluding carboxylic acids is 1. The summed E-state index contributed by atoms with van der Waals surface area (Å²) in [5.74, 6) is 0.0606. The van der Waals surface area contributed by atoms with E-state index in [2.05, 4.69) is 0 Å². The number of hydrogen-bond acceptors (Lipinski definition) is 4. The first-order valence-electron chi connectivity index (χ1n) is 4.83. The van der Waals surface area contributed by atoms with Crippen molar-refractivity contribution in [2.75, 3.05) is 47.0 Å². The quantitative estimate of drug-likeness (QED) is 0.631. The molecule has 5 heteroatoms. The van der Waals surface area contributed by atoms with Crippen LogP contribution in [0.2, 0.25) is 0 Å². The van der Waals surface area contributed by atoms with Crippen LogP contribution in [0.5, 0.6) is 0 Å². The second-order valence-corrected chi connectivity index (χ2v) is 3.28. The van der Waals surface area contributed by atoms with Gasteiger partial charge >= 0.3 is 0 Å². The SMILES string of the molecule is COCC(=O)N1CCCN(OC)CC1. The molecule has 0 aliphatic carbocycles. The zero-order valence-electron chi connectivity index (χ0n) is 8.86. The van der Waals surface area contributed by atoms with Gasteiger partial charge in [0.2, 0.25) is 5.91 Å². The van der Waals surface area contributed by atoms with Crippen LogP contribution >= 0.6 is 0 Å². The van der Waals surface area contributed by atoms with Gasteiger partial charge in [-0.15, -0.1) is 0 Å². The molecule has 0 N–H and O–H groups in total. The predicted molar refractivity (Wildman–Crippen MR) is 51.7 cm³/mol. The number of hydrogen-bond donors (Lipinski definition) is 0. The summed E-state index contributed by atoms with van der Waals surface area (Å²) in [6.45, 7) is 3.34. The smallest absolute Gasteiger partial charge is 0.248 e. The molecule has 1 rings (SSSR count). The number of ether oxygens (including phenoxy) is 1. The molecule has 0 aromatic heterocycles. The number of carbonyl (C=O) groups is 1. The van der Waals surface area contributed by atoms with Crippen molar-refractivity contribution < 1.29 is 14.4 Å². The van der Waals surface area contributed by atoms with E-state index in [0.717, 1.165) is 32.6 Å². The lowest BCUT2D eigenvalue weighted by Gasteiger charge is -2.20. The van der Waals surface area contributed by atoms with E-state index in [4.69, 9.17) is 9.57 Å². The molecule has 1 saturated heterocycles. The Morgan fingerprint density at radius 3 is 2.64 bits per heavy atom. The summed E-state index contributed by atoms with van der Waals surface area (Å²) in [4.78, 5) is 18.4. The number of hydroxylamine groups is 2. The molecule has 0 radical (unpaired) electrons. The summed E-state index contributed by atoms with van der Waals surface area (Å²) in [6.07, 6.45) is 0.948. The van der Waals surface area contributed by atoms with E-state index in [1.54, 1.807) is 7.11 Å². The minimum atomic E-state index is 0.0606. The summed E-state index contributed by atoms with van der Waals surface area (Å²) >= 11 is 0. The van der Waals surface area contributed by atoms with Crippen molar-refractivity contribution in [1.82, 2.24) is 9.96 Å². The van der Waals surface area contributed by atoms with Gasteiger partial charge < -0.3 is 14.5 Å². The third-order valence-electron chi connectivity index (χ3n) is 2.33. The highest BCUT2D eigenvalue weighted by atomic mass is 16.7. The lowest BCUT2D eigenvalue weighted by molar-refractivity contribution is -0.138. The first-order chi connectivity index (χ1) is 6.77. The van der Waals surface area contributed by atoms with Gasteiger partial charge in [-0.3, -0.25) is 4.79 Å². The molecular formula is C9H18N2O3. The van der Waals surface area contributed by atoms with Crippen molar-refractivity contribution in [2.24, 2.45) is 0 Å². The van der Waals surface area contributed by atoms with Crippen LogP contribution in [0.1, 0.15) is 6.42 Å². The normalized spacial score (nSPS) is 19.4. The van der Waals surface area contributed by atoms with Crippen molar-refractivity contribution in [3.63, 3.8) is 0 Å². The highest BCUT2D eigenvalue weighted by Crippen LogP contribution is 2.03. The zero-order valence-corrected chi connectivity index (χ0v) is 8.86. The summed E-state index contributed by atoms with van der Waals surface area (Å²) < 4.78 is 4.81. The van der Waals surface area contributed by atoms with Gasteiger partial charge in [-0.2, -0.15) is 5.06 Å². The summed E-state index contributed by atoms with van der Waals surface area (Å²) in [7, 11) is 3.20. The Hall–Kier alpha value is -0.650. The number of methoxy groups -OCH3 is 1. The molecule has 0 unspecified atom stereocenters. The van der Waals surface area contributed by atoms with Crippen LogP contribution in [0.4, 0.5) is 0 Å². The van der Waals surface area contributed by atoms with Crippen LogP contribution < -0.4 is 0 Å². The van der Waals surface area contributed by atoms with Crippen LogP contribution in [0.25, 0.3) is 0 Å². The first-order valence-corrected chi connectivity index (χ1v) is 4.83. The lowest BCUT2D eigenvalue weighted by atomic mass is 10.4. The second kappa shape index (κ2) is 5.95. The van der Waals surface area contributed by atoms with Gasteiger partial charge in [-0.1, -0.05) is 0 Å². The Bertz CT molecular complexity index is 187. The number of amides is 1. The summed E-state index contributed by atoms with van der Waals surface area (Å²) in [5, 5.41) is 1.88. The zero-order chi connectivity index (χ0) is 10.4. The molecule has 82 valence electrons. The van der Waals surface area contributed by atoms with E-state index in [1.807, 2.05) is 9.96 Å². The largest absolute Gasteiger partial charge is 0.375 e. The molecular weight excluding hydrogens is 184 g/mol. The van der Waals surface area contributed by atoms with Crippen molar-refractivity contribution in [1.29, 1.82) is 0 Å². The van der Waals surface area contributed by atoms with E-state index in [9.17, 15) is 4.79 Å². The van der Waals surface area contributed by atoms with Gasteiger partial charge in [-0.25, -0.2) is 0 Å². The van der Waals surface area contributed by atoms with E-state index in [0.29, 0.717) is 0 Å². The van der Waals surface area contributed by atoms with Gasteiger partial charge in [0.1, 0.15) is 6.61 Å². The molecule has 1 aliphatic rings. The number of nitrogens with zero attached hydrogens (tertiary/aromatic N) is 2. The maximum atomic E-state index is 11.5. The van der Waals surface area contributed by atoms with Gasteiger partial charge in [0, 0.05) is 33.3 Å². The van der Waals surface area contributed by atoms with Crippen LogP contribution in [0.15, 0.2) is 0 Å². The molecule has 1 amide bonds. The first kappa shape index (κ1) is 11.4. The standard InChI is InChI=1S/C9H18N2O3/c1-13-8-9(12)10-4-3-5-11(14-2)7-6-10/h3-8H2,1-2H3. The fourth-order valence-corrected chi connectivity index (χ4v) is 1.54. The van der Waals surface area contributed by atoms with Crippen LogP contribution in [-0.4, -0.2) is 62.9 Å². The molecule has 0 atom stereocenters. The van der Waals surface area contributed by atoms with E-state index in [1.165, 1.54) is 7.11 Å². The Labute approximate surface area is 84.5 Å². The highest BCUT2D eigenvalue weighted by molar-refractivity contribution is 5.77. The van der Waals surface area contributed by atoms with Crippen molar-refractivity contribution in [3.05, 3.63) is 0 Å². The topological polar surface area (TPSA) is 42.0 Å². The Morgan fingerprint density at radius 2 is 2.00 bits per heavy atom. The Balaban J connectivity index is 2.37. The fraction of sp³-hybridized carbons (Fsp3) is 0.889. The van der Waals surface area contributed by atoms with Crippen LogP contribution in [0, 0.1) is 0 Å². The molecule has 1 heterocycles. The third kappa shape index (κ3) is 3.25. The molecule has 14 heavy (non-hydrogen) atoms. The van der Waals surface area contributed by atoms with E-state index < -0.39 is 0 Å². The van der Waals surface area contributed by atoms with Gasteiger partial charge in [0.25, 0.3) is 0 Å². The van der Waals surface area contributed by atoms with Crippen LogP contribution in [0.3, 0.4) is 0 Å². The lowest BCUT2D eigenvalue weighted by Crippen LogP contribution is -2.37. The van der Waals surface area contributed by atoms with Gasteiger partial charge in [0.15, 0.2) is 0 Å². The molecule has 0 aromatic carbocycles. The van der Waals surface area contributed by atoms with E-state index >= 15 is 0 Å². The molecule has 0 spiro atoms. The molecule has 1 fully saturated rings. The maximum absolute atomic E-state index is 11.5. The Kier molecular flexibility index (Phi) is 4.86. The summed E-state index contributed by atoms with van der Waals surface area (Å²) in [6, 6.07) is 0. The molecule has 1 aliphatic heterocycles.